The summed E-state index contributed by atoms with van der Waals surface area (Å²) in [7, 11) is 0. The fourth-order valence-corrected chi connectivity index (χ4v) is 7.68. The van der Waals surface area contributed by atoms with Crippen molar-refractivity contribution in [3.63, 3.8) is 0 Å². The molecule has 0 aliphatic heterocycles. The second-order valence-electron chi connectivity index (χ2n) is 10.9. The number of benzene rings is 7. The van der Waals surface area contributed by atoms with Gasteiger partial charge in [0.05, 0.1) is 11.4 Å². The number of para-hydroxylation sites is 3. The van der Waals surface area contributed by atoms with Crippen molar-refractivity contribution in [2.24, 2.45) is 0 Å². The Morgan fingerprint density at radius 1 is 0.488 bits per heavy atom. The molecule has 0 fully saturated rings. The normalized spacial score (nSPS) is 11.7. The van der Waals surface area contributed by atoms with E-state index in [2.05, 4.69) is 150 Å². The van der Waals surface area contributed by atoms with Crippen molar-refractivity contribution in [2.75, 3.05) is 4.90 Å². The van der Waals surface area contributed by atoms with E-state index in [0.29, 0.717) is 0 Å². The van der Waals surface area contributed by atoms with Gasteiger partial charge in [-0.15, -0.1) is 11.3 Å². The van der Waals surface area contributed by atoms with Gasteiger partial charge in [-0.3, -0.25) is 0 Å². The van der Waals surface area contributed by atoms with Gasteiger partial charge < -0.3 is 9.32 Å². The minimum Gasteiger partial charge on any atom is -0.454 e. The van der Waals surface area contributed by atoms with Crippen LogP contribution in [0.3, 0.4) is 0 Å². The molecule has 2 heterocycles. The van der Waals surface area contributed by atoms with Crippen LogP contribution in [0.4, 0.5) is 17.1 Å². The molecular weight excluding hydrogens is 543 g/mol. The van der Waals surface area contributed by atoms with E-state index in [4.69, 9.17) is 4.42 Å². The van der Waals surface area contributed by atoms with Crippen LogP contribution < -0.4 is 4.90 Å². The second kappa shape index (κ2) is 9.59. The highest BCUT2D eigenvalue weighted by molar-refractivity contribution is 7.26. The zero-order chi connectivity index (χ0) is 28.3. The molecule has 2 aromatic heterocycles. The molecule has 3 heteroatoms. The van der Waals surface area contributed by atoms with Gasteiger partial charge in [-0.1, -0.05) is 115 Å². The number of anilines is 3. The molecule has 0 saturated carbocycles. The number of hydrogen-bond acceptors (Lipinski definition) is 3. The molecule has 9 aromatic rings. The van der Waals surface area contributed by atoms with Crippen LogP contribution in [-0.2, 0) is 0 Å². The molecule has 0 unspecified atom stereocenters. The van der Waals surface area contributed by atoms with Crippen molar-refractivity contribution in [1.82, 2.24) is 0 Å². The summed E-state index contributed by atoms with van der Waals surface area (Å²) in [6, 6.07) is 54.2. The summed E-state index contributed by atoms with van der Waals surface area (Å²) in [5.74, 6) is 0. The predicted molar refractivity (Wildman–Crippen MR) is 184 cm³/mol. The largest absolute Gasteiger partial charge is 0.454 e. The molecule has 0 radical (unpaired) electrons. The predicted octanol–water partition coefficient (Wildman–Crippen LogP) is 12.2. The molecule has 0 spiro atoms. The van der Waals surface area contributed by atoms with E-state index in [1.165, 1.54) is 42.1 Å². The van der Waals surface area contributed by atoms with E-state index in [0.717, 1.165) is 39.0 Å². The highest BCUT2D eigenvalue weighted by Gasteiger charge is 2.22. The van der Waals surface area contributed by atoms with Gasteiger partial charge in [-0.05, 0) is 52.7 Å². The van der Waals surface area contributed by atoms with Crippen LogP contribution in [0.15, 0.2) is 156 Å². The maximum atomic E-state index is 6.60. The third-order valence-corrected chi connectivity index (χ3v) is 9.58. The van der Waals surface area contributed by atoms with Crippen molar-refractivity contribution in [3.8, 4) is 11.1 Å². The average Bonchev–Trinajstić information content (AvgIpc) is 3.64. The van der Waals surface area contributed by atoms with Crippen LogP contribution in [0.25, 0.3) is 64.0 Å². The van der Waals surface area contributed by atoms with Crippen LogP contribution in [-0.4, -0.2) is 0 Å². The first-order chi connectivity index (χ1) is 21.3. The number of fused-ring (bicyclic) bond motifs is 8. The first kappa shape index (κ1) is 24.2. The van der Waals surface area contributed by atoms with Gasteiger partial charge in [0.1, 0.15) is 5.58 Å². The summed E-state index contributed by atoms with van der Waals surface area (Å²) >= 11 is 1.86. The third kappa shape index (κ3) is 3.79. The van der Waals surface area contributed by atoms with Crippen molar-refractivity contribution >= 4 is 81.3 Å². The van der Waals surface area contributed by atoms with E-state index in [-0.39, 0.29) is 0 Å². The Labute approximate surface area is 252 Å². The van der Waals surface area contributed by atoms with E-state index >= 15 is 0 Å². The molecule has 0 aliphatic rings. The average molecular weight is 568 g/mol. The standard InChI is InChI=1S/C40H25NOS/c1-2-11-26(12-3-1)29-14-6-8-18-34(29)41(35-19-10-17-32-31-16-7-9-20-36(31)42-40(32)35)28-22-23-33-38(25-28)43-37-24-21-27-13-4-5-15-30(27)39(33)37/h1-25H. The smallest absolute Gasteiger partial charge is 0.159 e. The Morgan fingerprint density at radius 2 is 1.23 bits per heavy atom. The van der Waals surface area contributed by atoms with Gasteiger partial charge in [0.25, 0.3) is 0 Å². The first-order valence-electron chi connectivity index (χ1n) is 14.5. The van der Waals surface area contributed by atoms with Crippen LogP contribution in [0.1, 0.15) is 0 Å². The minimum absolute atomic E-state index is 0.883. The highest BCUT2D eigenvalue weighted by Crippen LogP contribution is 2.47. The molecule has 9 rings (SSSR count). The Balaban J connectivity index is 1.34. The van der Waals surface area contributed by atoms with Gasteiger partial charge in [-0.2, -0.15) is 0 Å². The summed E-state index contributed by atoms with van der Waals surface area (Å²) < 4.78 is 9.17. The quantitative estimate of drug-likeness (QED) is 0.210. The molecule has 0 N–H and O–H groups in total. The van der Waals surface area contributed by atoms with E-state index < -0.39 is 0 Å². The van der Waals surface area contributed by atoms with Gasteiger partial charge in [0.2, 0.25) is 0 Å². The number of nitrogens with zero attached hydrogens (tertiary/aromatic N) is 1. The van der Waals surface area contributed by atoms with Crippen molar-refractivity contribution in [1.29, 1.82) is 0 Å². The van der Waals surface area contributed by atoms with Crippen molar-refractivity contribution in [3.05, 3.63) is 152 Å². The summed E-state index contributed by atoms with van der Waals surface area (Å²) in [5, 5.41) is 7.44. The molecule has 0 saturated heterocycles. The van der Waals surface area contributed by atoms with Gasteiger partial charge in [0, 0.05) is 42.2 Å². The summed E-state index contributed by atoms with van der Waals surface area (Å²) in [6.45, 7) is 0. The molecule has 43 heavy (non-hydrogen) atoms. The Bertz CT molecular complexity index is 2470. The molecule has 0 bridgehead atoms. The lowest BCUT2D eigenvalue weighted by Crippen LogP contribution is -2.11. The summed E-state index contributed by atoms with van der Waals surface area (Å²) in [4.78, 5) is 2.37. The highest BCUT2D eigenvalue weighted by atomic mass is 32.1. The lowest BCUT2D eigenvalue weighted by molar-refractivity contribution is 0.669. The van der Waals surface area contributed by atoms with Crippen LogP contribution >= 0.6 is 11.3 Å². The lowest BCUT2D eigenvalue weighted by atomic mass is 10.0. The molecule has 202 valence electrons. The zero-order valence-electron chi connectivity index (χ0n) is 23.2. The third-order valence-electron chi connectivity index (χ3n) is 8.46. The molecule has 7 aromatic carbocycles. The van der Waals surface area contributed by atoms with E-state index in [1.807, 2.05) is 17.4 Å². The van der Waals surface area contributed by atoms with Gasteiger partial charge in [-0.25, -0.2) is 0 Å². The molecular formula is C40H25NOS. The number of hydrogen-bond donors (Lipinski definition) is 0. The summed E-state index contributed by atoms with van der Waals surface area (Å²) in [6.07, 6.45) is 0. The second-order valence-corrected chi connectivity index (χ2v) is 12.0. The monoisotopic (exact) mass is 567 g/mol. The molecule has 0 aliphatic carbocycles. The zero-order valence-corrected chi connectivity index (χ0v) is 24.0. The Morgan fingerprint density at radius 3 is 2.16 bits per heavy atom. The maximum absolute atomic E-state index is 6.60. The van der Waals surface area contributed by atoms with Crippen molar-refractivity contribution < 1.29 is 4.42 Å². The van der Waals surface area contributed by atoms with Crippen LogP contribution in [0.5, 0.6) is 0 Å². The SMILES string of the molecule is c1ccc(-c2ccccc2N(c2ccc3c(c2)sc2ccc4ccccc4c23)c2cccc3c2oc2ccccc23)cc1. The topological polar surface area (TPSA) is 16.4 Å². The fourth-order valence-electron chi connectivity index (χ4n) is 6.52. The molecule has 2 nitrogen and oxygen atoms in total. The number of rotatable bonds is 4. The van der Waals surface area contributed by atoms with Crippen molar-refractivity contribution in [2.45, 2.75) is 0 Å². The van der Waals surface area contributed by atoms with Crippen LogP contribution in [0, 0.1) is 0 Å². The van der Waals surface area contributed by atoms with Gasteiger partial charge in [0.15, 0.2) is 5.58 Å². The van der Waals surface area contributed by atoms with E-state index in [9.17, 15) is 0 Å². The summed E-state index contributed by atoms with van der Waals surface area (Å²) in [5.41, 5.74) is 7.34. The molecule has 0 amide bonds. The number of thiophene rings is 1. The van der Waals surface area contributed by atoms with E-state index in [1.54, 1.807) is 0 Å². The number of furan rings is 1. The maximum Gasteiger partial charge on any atom is 0.159 e. The molecule has 0 atom stereocenters. The lowest BCUT2D eigenvalue weighted by Gasteiger charge is -2.28. The first-order valence-corrected chi connectivity index (χ1v) is 15.3. The van der Waals surface area contributed by atoms with Gasteiger partial charge >= 0.3 is 0 Å². The minimum atomic E-state index is 0.883. The van der Waals surface area contributed by atoms with Crippen LogP contribution in [0.2, 0.25) is 0 Å². The fraction of sp³-hybridized carbons (Fsp3) is 0. The Hall–Kier alpha value is -5.38. The Kier molecular flexibility index (Phi) is 5.40.